The Kier molecular flexibility index (Phi) is 8.46. The smallest absolute Gasteiger partial charge is 0.255 e. The number of aromatic nitrogens is 3. The zero-order valence-corrected chi connectivity index (χ0v) is 29.7. The summed E-state index contributed by atoms with van der Waals surface area (Å²) in [7, 11) is 0. The number of allylic oxidation sites excluding steroid dienone is 2. The summed E-state index contributed by atoms with van der Waals surface area (Å²) in [6, 6.07) is 30.4. The van der Waals surface area contributed by atoms with E-state index in [1.54, 1.807) is 42.7 Å². The van der Waals surface area contributed by atoms with E-state index < -0.39 is 28.9 Å². The van der Waals surface area contributed by atoms with Gasteiger partial charge in [0.2, 0.25) is 0 Å². The van der Waals surface area contributed by atoms with Crippen LogP contribution in [-0.2, 0) is 0 Å². The highest BCUT2D eigenvalue weighted by Crippen LogP contribution is 2.66. The SMILES string of the molecule is Cc1sc(/C=C/c2ccc(-c3cc(-c4ccccn4)nc(-c4ccccn4)c3)cc2)cc1C1=C(c2c(C)sc3ccccc23)C(F)(F)C(F)(F)C1(F)F. The number of thiophene rings is 2. The fourth-order valence-corrected chi connectivity index (χ4v) is 8.69. The number of alkyl halides is 6. The van der Waals surface area contributed by atoms with Crippen LogP contribution in [-0.4, -0.2) is 32.7 Å². The van der Waals surface area contributed by atoms with Gasteiger partial charge in [0.1, 0.15) is 0 Å². The molecule has 5 aromatic heterocycles. The zero-order valence-electron chi connectivity index (χ0n) is 28.1. The van der Waals surface area contributed by atoms with Crippen molar-refractivity contribution in [2.24, 2.45) is 0 Å². The number of fused-ring (bicyclic) bond motifs is 1. The van der Waals surface area contributed by atoms with Crippen molar-refractivity contribution in [2.45, 2.75) is 31.6 Å². The maximum atomic E-state index is 15.7. The van der Waals surface area contributed by atoms with Crippen LogP contribution in [0.15, 0.2) is 116 Å². The van der Waals surface area contributed by atoms with E-state index in [4.69, 9.17) is 4.98 Å². The lowest BCUT2D eigenvalue weighted by Gasteiger charge is -2.25. The summed E-state index contributed by atoms with van der Waals surface area (Å²) in [6.45, 7) is 2.97. The van der Waals surface area contributed by atoms with Crippen molar-refractivity contribution in [2.75, 3.05) is 0 Å². The fourth-order valence-electron chi connectivity index (χ4n) is 6.68. The molecule has 0 N–H and O–H groups in total. The Hall–Kier alpha value is -5.39. The third kappa shape index (κ3) is 5.79. The van der Waals surface area contributed by atoms with Crippen LogP contribution >= 0.6 is 22.7 Å². The van der Waals surface area contributed by atoms with Crippen molar-refractivity contribution in [1.29, 1.82) is 0 Å². The molecule has 0 bridgehead atoms. The number of hydrogen-bond donors (Lipinski definition) is 0. The molecule has 7 aromatic rings. The molecule has 0 fully saturated rings. The maximum Gasteiger partial charge on any atom is 0.380 e. The van der Waals surface area contributed by atoms with Gasteiger partial charge in [-0.3, -0.25) is 9.97 Å². The zero-order chi connectivity index (χ0) is 37.1. The quantitative estimate of drug-likeness (QED) is 0.152. The highest BCUT2D eigenvalue weighted by molar-refractivity contribution is 7.19. The molecule has 0 radical (unpaired) electrons. The van der Waals surface area contributed by atoms with E-state index in [0.29, 0.717) is 32.4 Å². The molecule has 3 nitrogen and oxygen atoms in total. The molecule has 0 amide bonds. The predicted molar refractivity (Wildman–Crippen MR) is 202 cm³/mol. The second-order valence-corrected chi connectivity index (χ2v) is 15.2. The number of rotatable bonds is 7. The van der Waals surface area contributed by atoms with Crippen molar-refractivity contribution in [3.63, 3.8) is 0 Å². The molecule has 0 spiro atoms. The Labute approximate surface area is 308 Å². The van der Waals surface area contributed by atoms with Gasteiger partial charge in [0.15, 0.2) is 0 Å². The van der Waals surface area contributed by atoms with Crippen LogP contribution < -0.4 is 0 Å². The normalized spacial score (nSPS) is 16.2. The van der Waals surface area contributed by atoms with Gasteiger partial charge in [-0.2, -0.15) is 26.3 Å². The summed E-state index contributed by atoms with van der Waals surface area (Å²) < 4.78 is 93.5. The lowest BCUT2D eigenvalue weighted by Crippen LogP contribution is -2.48. The number of benzene rings is 2. The van der Waals surface area contributed by atoms with Gasteiger partial charge >= 0.3 is 17.8 Å². The van der Waals surface area contributed by atoms with Crippen LogP contribution in [0, 0.1) is 13.8 Å². The van der Waals surface area contributed by atoms with Crippen molar-refractivity contribution in [1.82, 2.24) is 15.0 Å². The standard InChI is InChI=1S/C42H27F6N3S2/c1-24-31(38-39(41(45,46)42(47,48)40(38,43)44)37-25(2)53-36-12-4-3-9-30(36)37)23-29(52-24)18-15-26-13-16-27(17-14-26)28-21-34(32-10-5-7-19-49-32)51-35(22-28)33-11-6-8-20-50-33/h3-23H,1-2H3/b18-15+. The molecule has 0 saturated heterocycles. The summed E-state index contributed by atoms with van der Waals surface area (Å²) in [5.74, 6) is -15.9. The Balaban J connectivity index is 1.15. The molecule has 264 valence electrons. The van der Waals surface area contributed by atoms with Crippen molar-refractivity contribution < 1.29 is 26.3 Å². The highest BCUT2D eigenvalue weighted by atomic mass is 32.1. The summed E-state index contributed by atoms with van der Waals surface area (Å²) in [5.41, 5.74) is 2.11. The van der Waals surface area contributed by atoms with Gasteiger partial charge in [-0.25, -0.2) is 4.98 Å². The summed E-state index contributed by atoms with van der Waals surface area (Å²) in [5, 5.41) is 0.236. The van der Waals surface area contributed by atoms with Gasteiger partial charge in [0.05, 0.1) is 22.8 Å². The first-order chi connectivity index (χ1) is 25.4. The Morgan fingerprint density at radius 3 is 1.79 bits per heavy atom. The largest absolute Gasteiger partial charge is 0.380 e. The number of halogens is 6. The van der Waals surface area contributed by atoms with Crippen LogP contribution in [0.25, 0.3) is 67.3 Å². The van der Waals surface area contributed by atoms with Crippen LogP contribution in [0.2, 0.25) is 0 Å². The third-order valence-electron chi connectivity index (χ3n) is 9.26. The van der Waals surface area contributed by atoms with Gasteiger partial charge < -0.3 is 0 Å². The predicted octanol–water partition coefficient (Wildman–Crippen LogP) is 12.8. The number of pyridine rings is 3. The maximum absolute atomic E-state index is 15.7. The first-order valence-corrected chi connectivity index (χ1v) is 18.1. The molecule has 2 aromatic carbocycles. The average molecular weight is 752 g/mol. The number of aryl methyl sites for hydroxylation is 2. The summed E-state index contributed by atoms with van der Waals surface area (Å²) in [4.78, 5) is 14.7. The van der Waals surface area contributed by atoms with E-state index in [1.165, 1.54) is 26.0 Å². The molecule has 53 heavy (non-hydrogen) atoms. The van der Waals surface area contributed by atoms with E-state index in [1.807, 2.05) is 72.8 Å². The van der Waals surface area contributed by atoms with Crippen LogP contribution in [0.5, 0.6) is 0 Å². The van der Waals surface area contributed by atoms with Gasteiger partial charge in [0.25, 0.3) is 0 Å². The average Bonchev–Trinajstić information content (AvgIpc) is 3.73. The van der Waals surface area contributed by atoms with Crippen LogP contribution in [0.4, 0.5) is 26.3 Å². The molecule has 0 atom stereocenters. The second kappa shape index (κ2) is 12.9. The molecular weight excluding hydrogens is 725 g/mol. The van der Waals surface area contributed by atoms with Gasteiger partial charge in [-0.15, -0.1) is 22.7 Å². The summed E-state index contributed by atoms with van der Waals surface area (Å²) >= 11 is 2.17. The van der Waals surface area contributed by atoms with Gasteiger partial charge in [-0.1, -0.05) is 60.7 Å². The molecule has 0 unspecified atom stereocenters. The van der Waals surface area contributed by atoms with Gasteiger partial charge in [0, 0.05) is 53.8 Å². The molecular formula is C42H27F6N3S2. The van der Waals surface area contributed by atoms with Crippen molar-refractivity contribution >= 4 is 56.1 Å². The van der Waals surface area contributed by atoms with Gasteiger partial charge in [-0.05, 0) is 90.7 Å². The third-order valence-corrected chi connectivity index (χ3v) is 11.4. The van der Waals surface area contributed by atoms with E-state index in [2.05, 4.69) is 9.97 Å². The van der Waals surface area contributed by atoms with Crippen LogP contribution in [0.3, 0.4) is 0 Å². The lowest BCUT2D eigenvalue weighted by atomic mass is 9.93. The Morgan fingerprint density at radius 1 is 0.566 bits per heavy atom. The molecule has 1 aliphatic rings. The highest BCUT2D eigenvalue weighted by Gasteiger charge is 2.80. The minimum atomic E-state index is -5.63. The second-order valence-electron chi connectivity index (χ2n) is 12.6. The fraction of sp³-hybridized carbons (Fsp3) is 0.119. The Morgan fingerprint density at radius 2 is 1.17 bits per heavy atom. The van der Waals surface area contributed by atoms with E-state index in [-0.39, 0.29) is 26.3 Å². The van der Waals surface area contributed by atoms with Crippen LogP contribution in [0.1, 0.15) is 31.3 Å². The lowest BCUT2D eigenvalue weighted by molar-refractivity contribution is -0.254. The molecule has 0 saturated carbocycles. The topological polar surface area (TPSA) is 38.7 Å². The van der Waals surface area contributed by atoms with Crippen molar-refractivity contribution in [3.05, 3.63) is 147 Å². The first-order valence-electron chi connectivity index (χ1n) is 16.5. The summed E-state index contributed by atoms with van der Waals surface area (Å²) in [6.07, 6.45) is 6.83. The molecule has 11 heteroatoms. The molecule has 5 heterocycles. The Bertz CT molecular complexity index is 2500. The number of nitrogens with zero attached hydrogens (tertiary/aromatic N) is 3. The van der Waals surface area contributed by atoms with E-state index >= 15 is 26.3 Å². The minimum Gasteiger partial charge on any atom is -0.255 e. The van der Waals surface area contributed by atoms with Crippen molar-refractivity contribution in [3.8, 4) is 33.9 Å². The number of hydrogen-bond acceptors (Lipinski definition) is 5. The minimum absolute atomic E-state index is 0.225. The molecule has 8 rings (SSSR count). The first kappa shape index (κ1) is 34.7. The molecule has 1 aliphatic carbocycles. The molecule has 0 aliphatic heterocycles. The van der Waals surface area contributed by atoms with E-state index in [0.717, 1.165) is 39.4 Å². The monoisotopic (exact) mass is 751 g/mol. The van der Waals surface area contributed by atoms with E-state index in [9.17, 15) is 0 Å².